The van der Waals surface area contributed by atoms with Crippen LogP contribution >= 0.6 is 11.3 Å². The van der Waals surface area contributed by atoms with E-state index in [-0.39, 0.29) is 0 Å². The summed E-state index contributed by atoms with van der Waals surface area (Å²) in [7, 11) is 0. The van der Waals surface area contributed by atoms with Gasteiger partial charge >= 0.3 is 0 Å². The molecule has 1 nitrogen and oxygen atoms in total. The minimum absolute atomic E-state index is 0.714. The monoisotopic (exact) mass is 209 g/mol. The fraction of sp³-hybridized carbons (Fsp3) is 0. The second kappa shape index (κ2) is 3.08. The molecule has 0 radical (unpaired) electrons. The van der Waals surface area contributed by atoms with E-state index in [1.807, 2.05) is 30.3 Å². The molecule has 3 aromatic rings. The summed E-state index contributed by atoms with van der Waals surface area (Å²) in [4.78, 5) is 3.46. The Bertz CT molecular complexity index is 688. The Morgan fingerprint density at radius 1 is 0.933 bits per heavy atom. The lowest BCUT2D eigenvalue weighted by Crippen LogP contribution is -1.64. The Morgan fingerprint density at radius 3 is 2.60 bits per heavy atom. The van der Waals surface area contributed by atoms with Crippen LogP contribution in [0, 0.1) is 6.57 Å². The summed E-state index contributed by atoms with van der Waals surface area (Å²) in [6.07, 6.45) is 0. The van der Waals surface area contributed by atoms with Crippen molar-refractivity contribution in [3.8, 4) is 0 Å². The zero-order valence-electron chi connectivity index (χ0n) is 7.90. The number of nitrogens with zero attached hydrogens (tertiary/aromatic N) is 1. The van der Waals surface area contributed by atoms with Gasteiger partial charge in [0.05, 0.1) is 6.57 Å². The van der Waals surface area contributed by atoms with Crippen molar-refractivity contribution in [1.82, 2.24) is 0 Å². The van der Waals surface area contributed by atoms with Crippen molar-refractivity contribution in [2.24, 2.45) is 0 Å². The van der Waals surface area contributed by atoms with Crippen molar-refractivity contribution in [2.45, 2.75) is 0 Å². The summed E-state index contributed by atoms with van der Waals surface area (Å²) in [5.74, 6) is 0. The molecule has 0 saturated carbocycles. The van der Waals surface area contributed by atoms with Crippen molar-refractivity contribution in [3.05, 3.63) is 53.9 Å². The third-order valence-electron chi connectivity index (χ3n) is 2.49. The second-order valence-electron chi connectivity index (χ2n) is 3.39. The first kappa shape index (κ1) is 8.46. The Morgan fingerprint density at radius 2 is 1.73 bits per heavy atom. The molecule has 0 aliphatic carbocycles. The topological polar surface area (TPSA) is 4.36 Å². The Hall–Kier alpha value is -1.85. The van der Waals surface area contributed by atoms with Crippen molar-refractivity contribution >= 4 is 37.2 Å². The van der Waals surface area contributed by atoms with E-state index in [2.05, 4.69) is 17.0 Å². The molecule has 2 heteroatoms. The van der Waals surface area contributed by atoms with Gasteiger partial charge in [0, 0.05) is 9.40 Å². The van der Waals surface area contributed by atoms with Crippen molar-refractivity contribution < 1.29 is 0 Å². The summed E-state index contributed by atoms with van der Waals surface area (Å²) in [5, 5.41) is 2.45. The molecule has 0 aliphatic heterocycles. The van der Waals surface area contributed by atoms with Crippen molar-refractivity contribution in [2.75, 3.05) is 0 Å². The molecule has 1 aromatic heterocycles. The highest BCUT2D eigenvalue weighted by Gasteiger charge is 2.04. The highest BCUT2D eigenvalue weighted by molar-refractivity contribution is 7.25. The summed E-state index contributed by atoms with van der Waals surface area (Å²) in [6, 6.07) is 14.2. The molecule has 1 heterocycles. The maximum absolute atomic E-state index is 7.01. The van der Waals surface area contributed by atoms with Gasteiger partial charge < -0.3 is 0 Å². The van der Waals surface area contributed by atoms with Crippen LogP contribution in [0.5, 0.6) is 0 Å². The van der Waals surface area contributed by atoms with Gasteiger partial charge in [-0.2, -0.15) is 0 Å². The van der Waals surface area contributed by atoms with Gasteiger partial charge in [-0.1, -0.05) is 30.3 Å². The molecule has 3 rings (SSSR count). The summed E-state index contributed by atoms with van der Waals surface area (Å²) in [5.41, 5.74) is 0.714. The lowest BCUT2D eigenvalue weighted by molar-refractivity contribution is 1.83. The molecule has 0 bridgehead atoms. The Kier molecular flexibility index (Phi) is 1.74. The molecule has 0 amide bonds. The van der Waals surface area contributed by atoms with E-state index in [0.717, 1.165) is 0 Å². The third kappa shape index (κ3) is 1.21. The summed E-state index contributed by atoms with van der Waals surface area (Å²) in [6.45, 7) is 7.01. The van der Waals surface area contributed by atoms with E-state index < -0.39 is 0 Å². The second-order valence-corrected chi connectivity index (χ2v) is 4.47. The van der Waals surface area contributed by atoms with Gasteiger partial charge in [-0.15, -0.1) is 11.3 Å². The Labute approximate surface area is 91.4 Å². The van der Waals surface area contributed by atoms with Crippen LogP contribution in [0.25, 0.3) is 25.0 Å². The van der Waals surface area contributed by atoms with Gasteiger partial charge in [-0.3, -0.25) is 0 Å². The summed E-state index contributed by atoms with van der Waals surface area (Å²) >= 11 is 1.78. The minimum Gasteiger partial charge on any atom is -0.238 e. The van der Waals surface area contributed by atoms with Crippen LogP contribution in [0.15, 0.2) is 42.5 Å². The molecule has 0 spiro atoms. The van der Waals surface area contributed by atoms with E-state index in [1.165, 1.54) is 20.2 Å². The van der Waals surface area contributed by atoms with Crippen LogP contribution in [0.4, 0.5) is 5.69 Å². The van der Waals surface area contributed by atoms with Crippen LogP contribution in [0.3, 0.4) is 0 Å². The van der Waals surface area contributed by atoms with Gasteiger partial charge in [0.1, 0.15) is 0 Å². The molecule has 15 heavy (non-hydrogen) atoms. The number of thiophene rings is 1. The van der Waals surface area contributed by atoms with E-state index in [9.17, 15) is 0 Å². The van der Waals surface area contributed by atoms with Crippen LogP contribution in [-0.4, -0.2) is 0 Å². The molecule has 2 aromatic carbocycles. The average molecular weight is 209 g/mol. The van der Waals surface area contributed by atoms with Crippen LogP contribution < -0.4 is 0 Å². The van der Waals surface area contributed by atoms with Crippen LogP contribution in [0.2, 0.25) is 0 Å². The minimum atomic E-state index is 0.714. The SMILES string of the molecule is [C-]#[N+]c1ccc2sc3ccccc3c2c1. The van der Waals surface area contributed by atoms with E-state index in [0.29, 0.717) is 5.69 Å². The van der Waals surface area contributed by atoms with Gasteiger partial charge in [-0.25, -0.2) is 4.85 Å². The number of fused-ring (bicyclic) bond motifs is 3. The quantitative estimate of drug-likeness (QED) is 0.476. The van der Waals surface area contributed by atoms with E-state index >= 15 is 0 Å². The fourth-order valence-electron chi connectivity index (χ4n) is 1.78. The van der Waals surface area contributed by atoms with Gasteiger partial charge in [-0.05, 0) is 22.9 Å². The fourth-order valence-corrected chi connectivity index (χ4v) is 2.87. The Balaban J connectivity index is 2.53. The van der Waals surface area contributed by atoms with Crippen LogP contribution in [-0.2, 0) is 0 Å². The molecule has 0 N–H and O–H groups in total. The predicted molar refractivity (Wildman–Crippen MR) is 65.6 cm³/mol. The maximum Gasteiger partial charge on any atom is 0.187 e. The van der Waals surface area contributed by atoms with Gasteiger partial charge in [0.25, 0.3) is 0 Å². The highest BCUT2D eigenvalue weighted by atomic mass is 32.1. The normalized spacial score (nSPS) is 10.6. The number of benzene rings is 2. The van der Waals surface area contributed by atoms with E-state index in [1.54, 1.807) is 11.3 Å². The van der Waals surface area contributed by atoms with Gasteiger partial charge in [0.15, 0.2) is 5.69 Å². The average Bonchev–Trinajstić information content (AvgIpc) is 2.66. The molecule has 0 aliphatic rings. The zero-order valence-corrected chi connectivity index (χ0v) is 8.71. The first-order valence-corrected chi connectivity index (χ1v) is 5.49. The lowest BCUT2D eigenvalue weighted by atomic mass is 10.1. The van der Waals surface area contributed by atoms with Crippen molar-refractivity contribution in [3.63, 3.8) is 0 Å². The standard InChI is InChI=1S/C13H7NS/c1-14-9-6-7-13-11(8-9)10-4-2-3-5-12(10)15-13/h2-8H. The molecule has 0 fully saturated rings. The largest absolute Gasteiger partial charge is 0.238 e. The zero-order chi connectivity index (χ0) is 10.3. The van der Waals surface area contributed by atoms with Crippen molar-refractivity contribution in [1.29, 1.82) is 0 Å². The van der Waals surface area contributed by atoms with Crippen LogP contribution in [0.1, 0.15) is 0 Å². The highest BCUT2D eigenvalue weighted by Crippen LogP contribution is 2.35. The number of rotatable bonds is 0. The molecular weight excluding hydrogens is 202 g/mol. The molecule has 0 atom stereocenters. The lowest BCUT2D eigenvalue weighted by Gasteiger charge is -1.91. The first-order chi connectivity index (χ1) is 7.38. The number of hydrogen-bond acceptors (Lipinski definition) is 1. The third-order valence-corrected chi connectivity index (χ3v) is 3.64. The molecule has 0 unspecified atom stereocenters. The first-order valence-electron chi connectivity index (χ1n) is 4.67. The predicted octanol–water partition coefficient (Wildman–Crippen LogP) is 4.61. The summed E-state index contributed by atoms with van der Waals surface area (Å²) < 4.78 is 2.54. The smallest absolute Gasteiger partial charge is 0.187 e. The molecule has 0 saturated heterocycles. The molecular formula is C13H7NS. The molecule has 70 valence electrons. The maximum atomic E-state index is 7.01. The van der Waals surface area contributed by atoms with E-state index in [4.69, 9.17) is 6.57 Å². The number of hydrogen-bond donors (Lipinski definition) is 0. The van der Waals surface area contributed by atoms with Gasteiger partial charge in [0.2, 0.25) is 0 Å².